The van der Waals surface area contributed by atoms with E-state index < -0.39 is 0 Å². The number of nitrogens with one attached hydrogen (secondary N) is 2. The van der Waals surface area contributed by atoms with E-state index in [1.165, 1.54) is 0 Å². The normalized spacial score (nSPS) is 10.8. The van der Waals surface area contributed by atoms with Crippen LogP contribution in [0.4, 0.5) is 0 Å². The van der Waals surface area contributed by atoms with Crippen molar-refractivity contribution in [2.45, 2.75) is 0 Å². The Balaban J connectivity index is 1.67. The second-order valence-electron chi connectivity index (χ2n) is 4.61. The summed E-state index contributed by atoms with van der Waals surface area (Å²) in [7, 11) is 1.61. The maximum atomic E-state index is 12.0. The van der Waals surface area contributed by atoms with Crippen molar-refractivity contribution in [3.05, 3.63) is 58.4 Å². The Morgan fingerprint density at radius 3 is 2.87 bits per heavy atom. The molecule has 2 N–H and O–H groups in total. The zero-order valence-electron chi connectivity index (χ0n) is 12.3. The van der Waals surface area contributed by atoms with Crippen LogP contribution in [-0.4, -0.2) is 29.4 Å². The molecule has 0 spiro atoms. The van der Waals surface area contributed by atoms with Crippen molar-refractivity contribution >= 4 is 23.5 Å². The molecule has 0 aliphatic heterocycles. The summed E-state index contributed by atoms with van der Waals surface area (Å²) < 4.78 is 5.12. The van der Waals surface area contributed by atoms with Crippen molar-refractivity contribution < 1.29 is 9.53 Å². The fraction of sp³-hybridized carbons (Fsp3) is 0.0625. The number of benzene rings is 1. The van der Waals surface area contributed by atoms with Gasteiger partial charge >= 0.3 is 0 Å². The fourth-order valence-corrected chi connectivity index (χ4v) is 2.51. The summed E-state index contributed by atoms with van der Waals surface area (Å²) in [5.41, 5.74) is 4.39. The molecular weight excluding hydrogens is 312 g/mol. The molecule has 0 aliphatic carbocycles. The zero-order chi connectivity index (χ0) is 16.1. The topological polar surface area (TPSA) is 79.4 Å². The van der Waals surface area contributed by atoms with Gasteiger partial charge in [0, 0.05) is 10.4 Å². The third-order valence-electron chi connectivity index (χ3n) is 3.11. The Morgan fingerprint density at radius 1 is 1.35 bits per heavy atom. The van der Waals surface area contributed by atoms with Crippen molar-refractivity contribution in [1.29, 1.82) is 0 Å². The first-order valence-corrected chi connectivity index (χ1v) is 7.71. The molecule has 0 saturated carbocycles. The van der Waals surface area contributed by atoms with Crippen LogP contribution in [0.2, 0.25) is 0 Å². The predicted octanol–water partition coefficient (Wildman–Crippen LogP) is 2.91. The number of thiophene rings is 1. The van der Waals surface area contributed by atoms with Crippen molar-refractivity contribution in [3.8, 4) is 17.0 Å². The van der Waals surface area contributed by atoms with Crippen LogP contribution in [0.5, 0.6) is 5.75 Å². The molecule has 1 aromatic carbocycles. The van der Waals surface area contributed by atoms with Gasteiger partial charge in [0.15, 0.2) is 0 Å². The highest BCUT2D eigenvalue weighted by Crippen LogP contribution is 2.21. The van der Waals surface area contributed by atoms with Crippen LogP contribution in [0.1, 0.15) is 15.4 Å². The number of methoxy groups -OCH3 is 1. The van der Waals surface area contributed by atoms with E-state index in [1.54, 1.807) is 30.7 Å². The van der Waals surface area contributed by atoms with Gasteiger partial charge in [-0.2, -0.15) is 10.2 Å². The summed E-state index contributed by atoms with van der Waals surface area (Å²) in [5.74, 6) is 0.426. The average Bonchev–Trinajstić information content (AvgIpc) is 3.26. The van der Waals surface area contributed by atoms with E-state index in [0.29, 0.717) is 11.4 Å². The summed E-state index contributed by atoms with van der Waals surface area (Å²) in [6.07, 6.45) is 1.60. The third-order valence-corrected chi connectivity index (χ3v) is 3.92. The summed E-state index contributed by atoms with van der Waals surface area (Å²) in [5, 5.41) is 12.7. The molecule has 0 unspecified atom stereocenters. The van der Waals surface area contributed by atoms with Crippen LogP contribution >= 0.6 is 11.3 Å². The molecule has 6 nitrogen and oxygen atoms in total. The van der Waals surface area contributed by atoms with E-state index in [0.717, 1.165) is 16.2 Å². The van der Waals surface area contributed by atoms with Gasteiger partial charge in [-0.3, -0.25) is 9.89 Å². The molecule has 3 aromatic rings. The molecule has 0 atom stereocenters. The first-order chi connectivity index (χ1) is 11.3. The van der Waals surface area contributed by atoms with Gasteiger partial charge in [-0.15, -0.1) is 11.3 Å². The van der Waals surface area contributed by atoms with Crippen LogP contribution in [0, 0.1) is 0 Å². The second-order valence-corrected chi connectivity index (χ2v) is 5.59. The van der Waals surface area contributed by atoms with Crippen molar-refractivity contribution in [2.75, 3.05) is 7.11 Å². The first-order valence-electron chi connectivity index (χ1n) is 6.83. The van der Waals surface area contributed by atoms with Crippen molar-refractivity contribution in [3.63, 3.8) is 0 Å². The number of aromatic nitrogens is 2. The number of hydrogen-bond acceptors (Lipinski definition) is 5. The molecule has 116 valence electrons. The number of rotatable bonds is 5. The van der Waals surface area contributed by atoms with Crippen LogP contribution in [-0.2, 0) is 0 Å². The molecule has 2 heterocycles. The lowest BCUT2D eigenvalue weighted by Gasteiger charge is -1.99. The number of ether oxygens (including phenoxy) is 1. The highest BCUT2D eigenvalue weighted by molar-refractivity contribution is 7.11. The number of hydrogen-bond donors (Lipinski definition) is 2. The van der Waals surface area contributed by atoms with E-state index in [-0.39, 0.29) is 5.91 Å². The minimum atomic E-state index is -0.343. The Bertz CT molecular complexity index is 807. The standard InChI is InChI=1S/C16H14N4O2S/c1-22-12-6-4-11(5-7-12)14-9-15(19-18-14)16(21)20-17-10-13-3-2-8-23-13/h2-10H,1H3,(H,18,19)(H,20,21)/b17-10-. The second kappa shape index (κ2) is 6.89. The van der Waals surface area contributed by atoms with Crippen molar-refractivity contribution in [2.24, 2.45) is 5.10 Å². The van der Waals surface area contributed by atoms with Crippen LogP contribution in [0.25, 0.3) is 11.3 Å². The summed E-state index contributed by atoms with van der Waals surface area (Å²) in [6, 6.07) is 13.0. The third kappa shape index (κ3) is 3.64. The first kappa shape index (κ1) is 15.0. The van der Waals surface area contributed by atoms with Crippen LogP contribution in [0.3, 0.4) is 0 Å². The van der Waals surface area contributed by atoms with E-state index in [2.05, 4.69) is 20.7 Å². The van der Waals surface area contributed by atoms with Gasteiger partial charge in [0.1, 0.15) is 11.4 Å². The molecule has 0 radical (unpaired) electrons. The summed E-state index contributed by atoms with van der Waals surface area (Å²) >= 11 is 1.54. The Labute approximate surface area is 136 Å². The van der Waals surface area contributed by atoms with Gasteiger partial charge < -0.3 is 4.74 Å². The molecule has 0 saturated heterocycles. The summed E-state index contributed by atoms with van der Waals surface area (Å²) in [6.45, 7) is 0. The number of aromatic amines is 1. The van der Waals surface area contributed by atoms with Gasteiger partial charge in [-0.25, -0.2) is 5.43 Å². The van der Waals surface area contributed by atoms with Gasteiger partial charge in [-0.1, -0.05) is 6.07 Å². The number of amides is 1. The van der Waals surface area contributed by atoms with Crippen LogP contribution < -0.4 is 10.2 Å². The van der Waals surface area contributed by atoms with E-state index in [4.69, 9.17) is 4.74 Å². The lowest BCUT2D eigenvalue weighted by Crippen LogP contribution is -2.17. The monoisotopic (exact) mass is 326 g/mol. The molecule has 0 fully saturated rings. The minimum Gasteiger partial charge on any atom is -0.497 e. The van der Waals surface area contributed by atoms with E-state index in [9.17, 15) is 4.79 Å². The van der Waals surface area contributed by atoms with Gasteiger partial charge in [-0.05, 0) is 41.8 Å². The van der Waals surface area contributed by atoms with Gasteiger partial charge in [0.05, 0.1) is 19.0 Å². The number of carbonyl (C=O) groups excluding carboxylic acids is 1. The average molecular weight is 326 g/mol. The maximum Gasteiger partial charge on any atom is 0.289 e. The largest absolute Gasteiger partial charge is 0.497 e. The SMILES string of the molecule is COc1ccc(-c2cc(C(=O)N/N=C\c3cccs3)[nH]n2)cc1. The number of carbonyl (C=O) groups is 1. The Morgan fingerprint density at radius 2 is 2.17 bits per heavy atom. The maximum absolute atomic E-state index is 12.0. The summed E-state index contributed by atoms with van der Waals surface area (Å²) in [4.78, 5) is 13.0. The number of H-pyrrole nitrogens is 1. The molecule has 0 bridgehead atoms. The number of nitrogens with zero attached hydrogens (tertiary/aromatic N) is 2. The van der Waals surface area contributed by atoms with Crippen LogP contribution in [0.15, 0.2) is 52.9 Å². The molecule has 3 rings (SSSR count). The Hall–Kier alpha value is -2.93. The smallest absolute Gasteiger partial charge is 0.289 e. The van der Waals surface area contributed by atoms with Crippen molar-refractivity contribution in [1.82, 2.24) is 15.6 Å². The lowest BCUT2D eigenvalue weighted by atomic mass is 10.1. The molecule has 2 aromatic heterocycles. The fourth-order valence-electron chi connectivity index (χ4n) is 1.93. The van der Waals surface area contributed by atoms with Gasteiger partial charge in [0.2, 0.25) is 0 Å². The van der Waals surface area contributed by atoms with Gasteiger partial charge in [0.25, 0.3) is 5.91 Å². The number of hydrazone groups is 1. The highest BCUT2D eigenvalue weighted by atomic mass is 32.1. The highest BCUT2D eigenvalue weighted by Gasteiger charge is 2.10. The molecule has 23 heavy (non-hydrogen) atoms. The Kier molecular flexibility index (Phi) is 4.49. The zero-order valence-corrected chi connectivity index (χ0v) is 13.1. The minimum absolute atomic E-state index is 0.343. The molecular formula is C16H14N4O2S. The molecule has 0 aliphatic rings. The molecule has 1 amide bonds. The van der Waals surface area contributed by atoms with E-state index in [1.807, 2.05) is 41.8 Å². The van der Waals surface area contributed by atoms with E-state index >= 15 is 0 Å². The lowest BCUT2D eigenvalue weighted by molar-refractivity contribution is 0.0950. The predicted molar refractivity (Wildman–Crippen MR) is 90.0 cm³/mol. The quantitative estimate of drug-likeness (QED) is 0.559. The molecule has 7 heteroatoms.